The van der Waals surface area contributed by atoms with E-state index in [-0.39, 0.29) is 0 Å². The van der Waals surface area contributed by atoms with Crippen molar-refractivity contribution in [2.24, 2.45) is 0 Å². The predicted octanol–water partition coefficient (Wildman–Crippen LogP) is 2.89. The number of nitrogens with one attached hydrogen (secondary N) is 2. The molecule has 132 valence electrons. The Labute approximate surface area is 146 Å². The second-order valence-corrected chi connectivity index (χ2v) is 5.88. The second kappa shape index (κ2) is 7.87. The smallest absolute Gasteiger partial charge is 0.252 e. The van der Waals surface area contributed by atoms with Crippen molar-refractivity contribution in [2.45, 2.75) is 40.0 Å². The lowest BCUT2D eigenvalue weighted by Gasteiger charge is -2.09. The van der Waals surface area contributed by atoms with Gasteiger partial charge in [-0.3, -0.25) is 0 Å². The summed E-state index contributed by atoms with van der Waals surface area (Å²) in [5.41, 5.74) is 2.13. The zero-order valence-electron chi connectivity index (χ0n) is 14.8. The van der Waals surface area contributed by atoms with Crippen LogP contribution in [0.4, 0.5) is 11.6 Å². The Bertz CT molecular complexity index is 846. The van der Waals surface area contributed by atoms with Crippen LogP contribution in [0.15, 0.2) is 16.8 Å². The van der Waals surface area contributed by atoms with E-state index in [2.05, 4.69) is 42.5 Å². The summed E-state index contributed by atoms with van der Waals surface area (Å²) in [7, 11) is 0. The molecule has 3 rings (SSSR count). The standard InChI is InChI=1S/C17H23N7O/c1-4-5-6-13-22-11(2)9-14(24-13)18-7-8-19-16-15-17(21-10-20-16)25-12(3)23-15/h9-10H,4-8H2,1-3H3,(H,18,22,24)(H,19,20,21). The number of oxazole rings is 1. The van der Waals surface area contributed by atoms with E-state index in [9.17, 15) is 0 Å². The molecule has 3 heterocycles. The van der Waals surface area contributed by atoms with E-state index in [0.717, 1.165) is 36.6 Å². The highest BCUT2D eigenvalue weighted by Gasteiger charge is 2.09. The van der Waals surface area contributed by atoms with Crippen LogP contribution in [0.2, 0.25) is 0 Å². The summed E-state index contributed by atoms with van der Waals surface area (Å²) in [4.78, 5) is 21.7. The minimum absolute atomic E-state index is 0.495. The van der Waals surface area contributed by atoms with Crippen molar-refractivity contribution in [3.8, 4) is 0 Å². The van der Waals surface area contributed by atoms with E-state index in [0.29, 0.717) is 36.0 Å². The van der Waals surface area contributed by atoms with Crippen molar-refractivity contribution in [1.29, 1.82) is 0 Å². The molecule has 0 radical (unpaired) electrons. The molecule has 0 aliphatic heterocycles. The average molecular weight is 341 g/mol. The molecule has 0 bridgehead atoms. The highest BCUT2D eigenvalue weighted by molar-refractivity contribution is 5.80. The minimum atomic E-state index is 0.495. The van der Waals surface area contributed by atoms with E-state index in [1.165, 1.54) is 6.33 Å². The average Bonchev–Trinajstić information content (AvgIpc) is 2.97. The van der Waals surface area contributed by atoms with E-state index < -0.39 is 0 Å². The van der Waals surface area contributed by atoms with Gasteiger partial charge in [-0.25, -0.2) is 19.9 Å². The molecule has 3 aromatic rings. The van der Waals surface area contributed by atoms with Gasteiger partial charge in [-0.05, 0) is 13.3 Å². The van der Waals surface area contributed by atoms with Crippen LogP contribution in [0.1, 0.15) is 37.2 Å². The molecule has 0 saturated carbocycles. The largest absolute Gasteiger partial charge is 0.422 e. The molecule has 0 saturated heterocycles. The number of nitrogens with zero attached hydrogens (tertiary/aromatic N) is 5. The SMILES string of the molecule is CCCCc1nc(C)cc(NCCNc2ncnc3oc(C)nc23)n1. The number of unbranched alkanes of at least 4 members (excludes halogenated alkanes) is 1. The first-order valence-electron chi connectivity index (χ1n) is 8.56. The van der Waals surface area contributed by atoms with E-state index in [4.69, 9.17) is 4.42 Å². The maximum atomic E-state index is 5.41. The zero-order chi connectivity index (χ0) is 17.6. The summed E-state index contributed by atoms with van der Waals surface area (Å²) in [6.07, 6.45) is 4.62. The van der Waals surface area contributed by atoms with Gasteiger partial charge in [0.15, 0.2) is 17.2 Å². The third-order valence-corrected chi connectivity index (χ3v) is 3.68. The monoisotopic (exact) mass is 341 g/mol. The number of aromatic nitrogens is 5. The Morgan fingerprint density at radius 2 is 1.88 bits per heavy atom. The zero-order valence-corrected chi connectivity index (χ0v) is 14.8. The molecule has 0 spiro atoms. The number of rotatable bonds is 8. The molecule has 0 aliphatic rings. The number of fused-ring (bicyclic) bond motifs is 1. The number of hydrogen-bond acceptors (Lipinski definition) is 8. The van der Waals surface area contributed by atoms with Crippen LogP contribution in [-0.4, -0.2) is 38.0 Å². The van der Waals surface area contributed by atoms with Crippen molar-refractivity contribution >= 4 is 22.9 Å². The van der Waals surface area contributed by atoms with Gasteiger partial charge in [0.2, 0.25) is 0 Å². The Kier molecular flexibility index (Phi) is 5.37. The Morgan fingerprint density at radius 1 is 1.04 bits per heavy atom. The van der Waals surface area contributed by atoms with E-state index in [1.54, 1.807) is 6.92 Å². The molecule has 0 fully saturated rings. The lowest BCUT2D eigenvalue weighted by Crippen LogP contribution is -2.16. The van der Waals surface area contributed by atoms with Crippen molar-refractivity contribution in [3.05, 3.63) is 29.8 Å². The molecule has 8 heteroatoms. The van der Waals surface area contributed by atoms with Crippen molar-refractivity contribution in [3.63, 3.8) is 0 Å². The van der Waals surface area contributed by atoms with Crippen LogP contribution in [0.5, 0.6) is 0 Å². The molecule has 0 aromatic carbocycles. The number of anilines is 2. The van der Waals surface area contributed by atoms with Gasteiger partial charge in [-0.1, -0.05) is 13.3 Å². The first kappa shape index (κ1) is 17.1. The summed E-state index contributed by atoms with van der Waals surface area (Å²) >= 11 is 0. The van der Waals surface area contributed by atoms with Crippen LogP contribution in [0.3, 0.4) is 0 Å². The van der Waals surface area contributed by atoms with Crippen LogP contribution in [0, 0.1) is 13.8 Å². The van der Waals surface area contributed by atoms with Gasteiger partial charge in [0, 0.05) is 38.2 Å². The first-order chi connectivity index (χ1) is 12.2. The fraction of sp³-hybridized carbons (Fsp3) is 0.471. The molecular formula is C17H23N7O. The lowest BCUT2D eigenvalue weighted by molar-refractivity contribution is 0.551. The third-order valence-electron chi connectivity index (χ3n) is 3.68. The Morgan fingerprint density at radius 3 is 2.72 bits per heavy atom. The fourth-order valence-corrected chi connectivity index (χ4v) is 2.53. The summed E-state index contributed by atoms with van der Waals surface area (Å²) in [5.74, 6) is 3.00. The van der Waals surface area contributed by atoms with Crippen LogP contribution < -0.4 is 10.6 Å². The molecule has 0 amide bonds. The first-order valence-corrected chi connectivity index (χ1v) is 8.56. The van der Waals surface area contributed by atoms with Crippen molar-refractivity contribution in [1.82, 2.24) is 24.9 Å². The summed E-state index contributed by atoms with van der Waals surface area (Å²) in [5, 5.41) is 6.58. The number of hydrogen-bond donors (Lipinski definition) is 2. The topological polar surface area (TPSA) is 102 Å². The highest BCUT2D eigenvalue weighted by atomic mass is 16.4. The fourth-order valence-electron chi connectivity index (χ4n) is 2.53. The van der Waals surface area contributed by atoms with Gasteiger partial charge in [0.1, 0.15) is 18.0 Å². The Hall–Kier alpha value is -2.77. The van der Waals surface area contributed by atoms with Gasteiger partial charge >= 0.3 is 0 Å². The minimum Gasteiger partial charge on any atom is -0.422 e. The maximum absolute atomic E-state index is 5.41. The normalized spacial score (nSPS) is 11.0. The maximum Gasteiger partial charge on any atom is 0.252 e. The quantitative estimate of drug-likeness (QED) is 0.603. The molecule has 0 unspecified atom stereocenters. The van der Waals surface area contributed by atoms with Gasteiger partial charge in [-0.2, -0.15) is 4.98 Å². The molecule has 2 N–H and O–H groups in total. The molecule has 3 aromatic heterocycles. The van der Waals surface area contributed by atoms with E-state index >= 15 is 0 Å². The van der Waals surface area contributed by atoms with Crippen LogP contribution in [-0.2, 0) is 6.42 Å². The summed E-state index contributed by atoms with van der Waals surface area (Å²) in [6.45, 7) is 7.32. The van der Waals surface area contributed by atoms with E-state index in [1.807, 2.05) is 13.0 Å². The van der Waals surface area contributed by atoms with Crippen LogP contribution >= 0.6 is 0 Å². The molecular weight excluding hydrogens is 318 g/mol. The lowest BCUT2D eigenvalue weighted by atomic mass is 10.2. The second-order valence-electron chi connectivity index (χ2n) is 5.88. The van der Waals surface area contributed by atoms with Crippen LogP contribution in [0.25, 0.3) is 11.2 Å². The van der Waals surface area contributed by atoms with Crippen molar-refractivity contribution in [2.75, 3.05) is 23.7 Å². The molecule has 0 aliphatic carbocycles. The Balaban J connectivity index is 1.57. The summed E-state index contributed by atoms with van der Waals surface area (Å²) in [6, 6.07) is 1.96. The van der Waals surface area contributed by atoms with Gasteiger partial charge in [0.05, 0.1) is 0 Å². The molecule has 8 nitrogen and oxygen atoms in total. The van der Waals surface area contributed by atoms with Gasteiger partial charge in [-0.15, -0.1) is 0 Å². The van der Waals surface area contributed by atoms with Gasteiger partial charge < -0.3 is 15.1 Å². The number of aryl methyl sites for hydroxylation is 3. The summed E-state index contributed by atoms with van der Waals surface area (Å²) < 4.78 is 5.41. The highest BCUT2D eigenvalue weighted by Crippen LogP contribution is 2.18. The third kappa shape index (κ3) is 4.40. The molecule has 25 heavy (non-hydrogen) atoms. The van der Waals surface area contributed by atoms with Crippen molar-refractivity contribution < 1.29 is 4.42 Å². The molecule has 0 atom stereocenters. The van der Waals surface area contributed by atoms with Gasteiger partial charge in [0.25, 0.3) is 5.71 Å². The predicted molar refractivity (Wildman–Crippen MR) is 96.7 cm³/mol.